The number of aryl methyl sites for hydroxylation is 1. The SMILES string of the molecule is Cc1cc(N)c(Cl)cc1NC1CCCC(C)(C)C1. The average Bonchev–Trinajstić information content (AvgIpc) is 2.24. The van der Waals surface area contributed by atoms with E-state index in [9.17, 15) is 0 Å². The molecule has 1 aromatic carbocycles. The molecule has 1 unspecified atom stereocenters. The Morgan fingerprint density at radius 3 is 2.78 bits per heavy atom. The quantitative estimate of drug-likeness (QED) is 0.767. The Hall–Kier alpha value is -0.890. The zero-order valence-electron chi connectivity index (χ0n) is 11.5. The summed E-state index contributed by atoms with van der Waals surface area (Å²) in [6, 6.07) is 4.44. The summed E-state index contributed by atoms with van der Waals surface area (Å²) in [5, 5.41) is 4.27. The van der Waals surface area contributed by atoms with Gasteiger partial charge < -0.3 is 11.1 Å². The van der Waals surface area contributed by atoms with E-state index in [0.29, 0.717) is 22.2 Å². The standard InChI is InChI=1S/C15H23ClN2/c1-10-7-13(17)12(16)8-14(10)18-11-5-4-6-15(2,3)9-11/h7-8,11,18H,4-6,9,17H2,1-3H3. The summed E-state index contributed by atoms with van der Waals surface area (Å²) in [4.78, 5) is 0. The van der Waals surface area contributed by atoms with E-state index in [2.05, 4.69) is 26.1 Å². The Labute approximate surface area is 115 Å². The van der Waals surface area contributed by atoms with Gasteiger partial charge in [-0.1, -0.05) is 31.9 Å². The van der Waals surface area contributed by atoms with Crippen LogP contribution in [-0.4, -0.2) is 6.04 Å². The Balaban J connectivity index is 2.12. The molecule has 100 valence electrons. The highest BCUT2D eigenvalue weighted by Crippen LogP contribution is 2.37. The lowest BCUT2D eigenvalue weighted by atomic mass is 9.75. The van der Waals surface area contributed by atoms with Crippen LogP contribution in [0, 0.1) is 12.3 Å². The minimum atomic E-state index is 0.446. The third kappa shape index (κ3) is 3.11. The highest BCUT2D eigenvalue weighted by molar-refractivity contribution is 6.33. The predicted molar refractivity (Wildman–Crippen MR) is 80.3 cm³/mol. The molecule has 3 N–H and O–H groups in total. The molecule has 18 heavy (non-hydrogen) atoms. The zero-order valence-corrected chi connectivity index (χ0v) is 12.3. The molecule has 1 aliphatic rings. The van der Waals surface area contributed by atoms with Crippen molar-refractivity contribution in [2.75, 3.05) is 11.1 Å². The van der Waals surface area contributed by atoms with Crippen molar-refractivity contribution in [2.24, 2.45) is 5.41 Å². The molecule has 1 aromatic rings. The molecular weight excluding hydrogens is 244 g/mol. The van der Waals surface area contributed by atoms with Gasteiger partial charge in [-0.2, -0.15) is 0 Å². The van der Waals surface area contributed by atoms with Gasteiger partial charge in [-0.3, -0.25) is 0 Å². The summed E-state index contributed by atoms with van der Waals surface area (Å²) in [6.07, 6.45) is 5.08. The molecule has 0 aromatic heterocycles. The molecule has 0 spiro atoms. The number of nitrogens with one attached hydrogen (secondary N) is 1. The first-order valence-electron chi connectivity index (χ1n) is 6.69. The first-order valence-corrected chi connectivity index (χ1v) is 7.07. The van der Waals surface area contributed by atoms with E-state index in [1.54, 1.807) is 0 Å². The number of rotatable bonds is 2. The monoisotopic (exact) mass is 266 g/mol. The molecule has 1 atom stereocenters. The maximum atomic E-state index is 6.09. The van der Waals surface area contributed by atoms with E-state index in [4.69, 9.17) is 17.3 Å². The highest BCUT2D eigenvalue weighted by Gasteiger charge is 2.28. The zero-order chi connectivity index (χ0) is 13.3. The summed E-state index contributed by atoms with van der Waals surface area (Å²) in [7, 11) is 0. The molecule has 0 saturated heterocycles. The van der Waals surface area contributed by atoms with Crippen LogP contribution < -0.4 is 11.1 Å². The smallest absolute Gasteiger partial charge is 0.0656 e. The van der Waals surface area contributed by atoms with Crippen LogP contribution in [0.4, 0.5) is 11.4 Å². The lowest BCUT2D eigenvalue weighted by Crippen LogP contribution is -2.31. The van der Waals surface area contributed by atoms with Gasteiger partial charge in [-0.05, 0) is 49.3 Å². The van der Waals surface area contributed by atoms with Crippen molar-refractivity contribution in [3.8, 4) is 0 Å². The minimum Gasteiger partial charge on any atom is -0.398 e. The normalized spacial score (nSPS) is 22.8. The molecule has 0 heterocycles. The van der Waals surface area contributed by atoms with Gasteiger partial charge in [0.1, 0.15) is 0 Å². The molecule has 0 bridgehead atoms. The second-order valence-corrected chi connectivity index (χ2v) is 6.70. The van der Waals surface area contributed by atoms with E-state index < -0.39 is 0 Å². The lowest BCUT2D eigenvalue weighted by molar-refractivity contribution is 0.229. The van der Waals surface area contributed by atoms with Crippen LogP contribution in [-0.2, 0) is 0 Å². The first-order chi connectivity index (χ1) is 8.37. The molecule has 2 nitrogen and oxygen atoms in total. The van der Waals surface area contributed by atoms with Gasteiger partial charge in [0.2, 0.25) is 0 Å². The van der Waals surface area contributed by atoms with Crippen molar-refractivity contribution in [1.82, 2.24) is 0 Å². The molecular formula is C15H23ClN2. The summed E-state index contributed by atoms with van der Waals surface area (Å²) in [5.74, 6) is 0. The van der Waals surface area contributed by atoms with Crippen molar-refractivity contribution in [3.63, 3.8) is 0 Å². The second-order valence-electron chi connectivity index (χ2n) is 6.29. The molecule has 0 amide bonds. The number of halogens is 1. The molecule has 2 rings (SSSR count). The maximum Gasteiger partial charge on any atom is 0.0656 e. The fourth-order valence-corrected chi connectivity index (χ4v) is 3.06. The largest absolute Gasteiger partial charge is 0.398 e. The van der Waals surface area contributed by atoms with Crippen molar-refractivity contribution in [2.45, 2.75) is 52.5 Å². The van der Waals surface area contributed by atoms with E-state index in [1.807, 2.05) is 12.1 Å². The van der Waals surface area contributed by atoms with Gasteiger partial charge in [-0.15, -0.1) is 0 Å². The number of hydrogen-bond acceptors (Lipinski definition) is 2. The average molecular weight is 267 g/mol. The van der Waals surface area contributed by atoms with Crippen LogP contribution in [0.5, 0.6) is 0 Å². The molecule has 3 heteroatoms. The minimum absolute atomic E-state index is 0.446. The summed E-state index contributed by atoms with van der Waals surface area (Å²) in [5.41, 5.74) is 9.20. The molecule has 0 radical (unpaired) electrons. The number of hydrogen-bond donors (Lipinski definition) is 2. The Kier molecular flexibility index (Phi) is 3.76. The van der Waals surface area contributed by atoms with Gasteiger partial charge >= 0.3 is 0 Å². The fourth-order valence-electron chi connectivity index (χ4n) is 2.90. The van der Waals surface area contributed by atoms with Crippen molar-refractivity contribution in [3.05, 3.63) is 22.7 Å². The van der Waals surface area contributed by atoms with E-state index in [-0.39, 0.29) is 0 Å². The van der Waals surface area contributed by atoms with E-state index >= 15 is 0 Å². The van der Waals surface area contributed by atoms with E-state index in [0.717, 1.165) is 5.69 Å². The predicted octanol–water partition coefficient (Wildman–Crippen LogP) is 4.61. The summed E-state index contributed by atoms with van der Waals surface area (Å²) < 4.78 is 0. The van der Waals surface area contributed by atoms with Crippen LogP contribution in [0.1, 0.15) is 45.1 Å². The third-order valence-corrected chi connectivity index (χ3v) is 4.24. The molecule has 1 aliphatic carbocycles. The number of nitrogens with two attached hydrogens (primary N) is 1. The topological polar surface area (TPSA) is 38.0 Å². The maximum absolute atomic E-state index is 6.09. The van der Waals surface area contributed by atoms with Gasteiger partial charge in [0.15, 0.2) is 0 Å². The molecule has 1 saturated carbocycles. The van der Waals surface area contributed by atoms with Gasteiger partial charge in [0.05, 0.1) is 10.7 Å². The van der Waals surface area contributed by atoms with Crippen molar-refractivity contribution < 1.29 is 0 Å². The van der Waals surface area contributed by atoms with Gasteiger partial charge in [0, 0.05) is 11.7 Å². The van der Waals surface area contributed by atoms with E-state index in [1.165, 1.54) is 31.2 Å². The van der Waals surface area contributed by atoms with Crippen LogP contribution in [0.3, 0.4) is 0 Å². The van der Waals surface area contributed by atoms with Crippen LogP contribution >= 0.6 is 11.6 Å². The molecule has 1 fully saturated rings. The summed E-state index contributed by atoms with van der Waals surface area (Å²) >= 11 is 6.09. The Bertz CT molecular complexity index is 440. The van der Waals surface area contributed by atoms with Gasteiger partial charge in [0.25, 0.3) is 0 Å². The third-order valence-electron chi connectivity index (χ3n) is 3.91. The first kappa shape index (κ1) is 13.5. The van der Waals surface area contributed by atoms with Crippen LogP contribution in [0.25, 0.3) is 0 Å². The fraction of sp³-hybridized carbons (Fsp3) is 0.600. The van der Waals surface area contributed by atoms with Crippen molar-refractivity contribution in [1.29, 1.82) is 0 Å². The molecule has 0 aliphatic heterocycles. The van der Waals surface area contributed by atoms with Crippen LogP contribution in [0.2, 0.25) is 5.02 Å². The second kappa shape index (κ2) is 5.00. The number of anilines is 2. The summed E-state index contributed by atoms with van der Waals surface area (Å²) in [6.45, 7) is 6.77. The number of nitrogen functional groups attached to an aromatic ring is 1. The number of benzene rings is 1. The van der Waals surface area contributed by atoms with Crippen LogP contribution in [0.15, 0.2) is 12.1 Å². The lowest BCUT2D eigenvalue weighted by Gasteiger charge is -2.36. The van der Waals surface area contributed by atoms with Gasteiger partial charge in [-0.25, -0.2) is 0 Å². The van der Waals surface area contributed by atoms with Crippen molar-refractivity contribution >= 4 is 23.0 Å². The Morgan fingerprint density at radius 2 is 2.11 bits per heavy atom. The highest BCUT2D eigenvalue weighted by atomic mass is 35.5. The Morgan fingerprint density at radius 1 is 1.39 bits per heavy atom.